The molecular formula is C15H22FNO2. The number of methoxy groups -OCH3 is 1. The Bertz CT molecular complexity index is 409. The summed E-state index contributed by atoms with van der Waals surface area (Å²) < 4.78 is 18.6. The second-order valence-corrected chi connectivity index (χ2v) is 4.59. The number of hydrogen-bond acceptors (Lipinski definition) is 3. The van der Waals surface area contributed by atoms with Crippen LogP contribution in [0.4, 0.5) is 4.39 Å². The number of hydrogen-bond donors (Lipinski definition) is 0. The van der Waals surface area contributed by atoms with Crippen molar-refractivity contribution in [2.75, 3.05) is 26.8 Å². The number of carbonyl (C=O) groups excluding carboxylic acids is 1. The van der Waals surface area contributed by atoms with Crippen molar-refractivity contribution in [2.24, 2.45) is 0 Å². The maximum Gasteiger partial charge on any atom is 0.167 e. The van der Waals surface area contributed by atoms with Gasteiger partial charge in [0.2, 0.25) is 0 Å². The zero-order chi connectivity index (χ0) is 14.3. The molecule has 0 radical (unpaired) electrons. The van der Waals surface area contributed by atoms with Gasteiger partial charge in [0.25, 0.3) is 0 Å². The van der Waals surface area contributed by atoms with E-state index in [2.05, 4.69) is 11.8 Å². The van der Waals surface area contributed by atoms with Gasteiger partial charge in [-0.3, -0.25) is 9.69 Å². The lowest BCUT2D eigenvalue weighted by molar-refractivity contribution is 0.0870. The van der Waals surface area contributed by atoms with E-state index in [1.807, 2.05) is 6.92 Å². The Kier molecular flexibility index (Phi) is 6.67. The van der Waals surface area contributed by atoms with Crippen LogP contribution in [0.15, 0.2) is 24.3 Å². The molecule has 0 heterocycles. The van der Waals surface area contributed by atoms with E-state index in [1.54, 1.807) is 19.2 Å². The van der Waals surface area contributed by atoms with Gasteiger partial charge in [-0.05, 0) is 25.6 Å². The van der Waals surface area contributed by atoms with Crippen LogP contribution in [0.2, 0.25) is 0 Å². The van der Waals surface area contributed by atoms with Crippen molar-refractivity contribution in [3.8, 4) is 0 Å². The Labute approximate surface area is 114 Å². The fourth-order valence-electron chi connectivity index (χ4n) is 2.10. The summed E-state index contributed by atoms with van der Waals surface area (Å²) in [5, 5.41) is 0. The summed E-state index contributed by atoms with van der Waals surface area (Å²) in [7, 11) is 1.66. The van der Waals surface area contributed by atoms with E-state index >= 15 is 0 Å². The fraction of sp³-hybridized carbons (Fsp3) is 0.533. The largest absolute Gasteiger partial charge is 0.383 e. The number of carbonyl (C=O) groups is 1. The lowest BCUT2D eigenvalue weighted by Crippen LogP contribution is -2.37. The second-order valence-electron chi connectivity index (χ2n) is 4.59. The quantitative estimate of drug-likeness (QED) is 0.678. The molecular weight excluding hydrogens is 245 g/mol. The molecule has 1 unspecified atom stereocenters. The molecule has 0 aliphatic rings. The second kappa shape index (κ2) is 8.02. The zero-order valence-corrected chi connectivity index (χ0v) is 11.9. The summed E-state index contributed by atoms with van der Waals surface area (Å²) in [6.45, 7) is 6.19. The summed E-state index contributed by atoms with van der Waals surface area (Å²) >= 11 is 0. The SMILES string of the molecule is CCN(CCC(=O)c1ccccc1F)C(C)COC. The third kappa shape index (κ3) is 4.73. The Morgan fingerprint density at radius 1 is 1.42 bits per heavy atom. The Morgan fingerprint density at radius 3 is 2.68 bits per heavy atom. The molecule has 1 rings (SSSR count). The predicted molar refractivity (Wildman–Crippen MR) is 73.9 cm³/mol. The van der Waals surface area contributed by atoms with Gasteiger partial charge in [-0.25, -0.2) is 4.39 Å². The lowest BCUT2D eigenvalue weighted by Gasteiger charge is -2.26. The smallest absolute Gasteiger partial charge is 0.167 e. The molecule has 0 aliphatic carbocycles. The molecule has 106 valence electrons. The van der Waals surface area contributed by atoms with Crippen LogP contribution >= 0.6 is 0 Å². The van der Waals surface area contributed by atoms with Crippen molar-refractivity contribution in [3.63, 3.8) is 0 Å². The maximum absolute atomic E-state index is 13.5. The van der Waals surface area contributed by atoms with Crippen LogP contribution in [0.25, 0.3) is 0 Å². The van der Waals surface area contributed by atoms with E-state index in [-0.39, 0.29) is 17.4 Å². The van der Waals surface area contributed by atoms with Gasteiger partial charge in [0.15, 0.2) is 5.78 Å². The minimum Gasteiger partial charge on any atom is -0.383 e. The van der Waals surface area contributed by atoms with Crippen LogP contribution in [0.1, 0.15) is 30.6 Å². The molecule has 0 N–H and O–H groups in total. The van der Waals surface area contributed by atoms with Crippen LogP contribution in [-0.2, 0) is 4.74 Å². The predicted octanol–water partition coefficient (Wildman–Crippen LogP) is 2.76. The highest BCUT2D eigenvalue weighted by Crippen LogP contribution is 2.10. The van der Waals surface area contributed by atoms with E-state index in [0.717, 1.165) is 6.54 Å². The van der Waals surface area contributed by atoms with Crippen LogP contribution in [-0.4, -0.2) is 43.5 Å². The maximum atomic E-state index is 13.5. The van der Waals surface area contributed by atoms with Crippen molar-refractivity contribution in [2.45, 2.75) is 26.3 Å². The summed E-state index contributed by atoms with van der Waals surface area (Å²) in [6, 6.07) is 6.38. The number of rotatable bonds is 8. The van der Waals surface area contributed by atoms with E-state index in [0.29, 0.717) is 19.6 Å². The van der Waals surface area contributed by atoms with Crippen LogP contribution in [0, 0.1) is 5.82 Å². The number of Topliss-reactive ketones (excluding diaryl/α,β-unsaturated/α-hetero) is 1. The van der Waals surface area contributed by atoms with Crippen LogP contribution < -0.4 is 0 Å². The highest BCUT2D eigenvalue weighted by atomic mass is 19.1. The normalized spacial score (nSPS) is 12.7. The molecule has 0 bridgehead atoms. The highest BCUT2D eigenvalue weighted by molar-refractivity contribution is 5.96. The molecule has 1 aromatic rings. The molecule has 19 heavy (non-hydrogen) atoms. The summed E-state index contributed by atoms with van der Waals surface area (Å²) in [5.74, 6) is -0.596. The topological polar surface area (TPSA) is 29.5 Å². The number of likely N-dealkylation sites (N-methyl/N-ethyl adjacent to an activating group) is 1. The molecule has 0 fully saturated rings. The molecule has 3 nitrogen and oxygen atoms in total. The first kappa shape index (κ1) is 15.8. The first-order valence-electron chi connectivity index (χ1n) is 6.60. The lowest BCUT2D eigenvalue weighted by atomic mass is 10.1. The molecule has 0 spiro atoms. The average molecular weight is 267 g/mol. The Hall–Kier alpha value is -1.26. The van der Waals surface area contributed by atoms with Crippen molar-refractivity contribution >= 4 is 5.78 Å². The molecule has 0 saturated heterocycles. The molecule has 1 aromatic carbocycles. The van der Waals surface area contributed by atoms with Gasteiger partial charge in [-0.15, -0.1) is 0 Å². The molecule has 0 saturated carbocycles. The fourth-order valence-corrected chi connectivity index (χ4v) is 2.10. The van der Waals surface area contributed by atoms with Crippen molar-refractivity contribution in [3.05, 3.63) is 35.6 Å². The minimum atomic E-state index is -0.444. The molecule has 1 atom stereocenters. The van der Waals surface area contributed by atoms with Gasteiger partial charge in [0.1, 0.15) is 5.82 Å². The third-order valence-electron chi connectivity index (χ3n) is 3.24. The van der Waals surface area contributed by atoms with Gasteiger partial charge in [0, 0.05) is 26.1 Å². The van der Waals surface area contributed by atoms with Gasteiger partial charge in [-0.2, -0.15) is 0 Å². The van der Waals surface area contributed by atoms with Gasteiger partial charge in [-0.1, -0.05) is 19.1 Å². The molecule has 0 aliphatic heterocycles. The van der Waals surface area contributed by atoms with Crippen molar-refractivity contribution in [1.82, 2.24) is 4.90 Å². The summed E-state index contributed by atoms with van der Waals surface area (Å²) in [5.41, 5.74) is 0.179. The third-order valence-corrected chi connectivity index (χ3v) is 3.24. The van der Waals surface area contributed by atoms with Crippen molar-refractivity contribution < 1.29 is 13.9 Å². The number of benzene rings is 1. The first-order valence-corrected chi connectivity index (χ1v) is 6.60. The van der Waals surface area contributed by atoms with Gasteiger partial charge >= 0.3 is 0 Å². The average Bonchev–Trinajstić information content (AvgIpc) is 2.40. The van der Waals surface area contributed by atoms with E-state index < -0.39 is 5.82 Å². The Balaban J connectivity index is 2.56. The minimum absolute atomic E-state index is 0.152. The monoisotopic (exact) mass is 267 g/mol. The molecule has 4 heteroatoms. The van der Waals surface area contributed by atoms with Crippen LogP contribution in [0.3, 0.4) is 0 Å². The standard InChI is InChI=1S/C15H22FNO2/c1-4-17(12(2)11-19-3)10-9-15(18)13-7-5-6-8-14(13)16/h5-8,12H,4,9-11H2,1-3H3. The molecule has 0 aromatic heterocycles. The van der Waals surface area contributed by atoms with Crippen LogP contribution in [0.5, 0.6) is 0 Å². The number of halogens is 1. The van der Waals surface area contributed by atoms with E-state index in [4.69, 9.17) is 4.74 Å². The number of ether oxygens (including phenoxy) is 1. The highest BCUT2D eigenvalue weighted by Gasteiger charge is 2.15. The number of ketones is 1. The first-order chi connectivity index (χ1) is 9.10. The van der Waals surface area contributed by atoms with E-state index in [9.17, 15) is 9.18 Å². The Morgan fingerprint density at radius 2 is 2.11 bits per heavy atom. The number of nitrogens with zero attached hydrogens (tertiary/aromatic N) is 1. The molecule has 0 amide bonds. The van der Waals surface area contributed by atoms with Gasteiger partial charge in [0.05, 0.1) is 12.2 Å². The van der Waals surface area contributed by atoms with E-state index in [1.165, 1.54) is 12.1 Å². The zero-order valence-electron chi connectivity index (χ0n) is 11.9. The van der Waals surface area contributed by atoms with Crippen molar-refractivity contribution in [1.29, 1.82) is 0 Å². The summed E-state index contributed by atoms with van der Waals surface area (Å²) in [6.07, 6.45) is 0.322. The summed E-state index contributed by atoms with van der Waals surface area (Å²) in [4.78, 5) is 14.1. The van der Waals surface area contributed by atoms with Gasteiger partial charge < -0.3 is 4.74 Å².